The average molecular weight is 416 g/mol. The largest absolute Gasteiger partial charge is 0.461 e. The van der Waals surface area contributed by atoms with Gasteiger partial charge >= 0.3 is 5.97 Å². The van der Waals surface area contributed by atoms with Crippen molar-refractivity contribution in [2.24, 2.45) is 5.73 Å². The minimum Gasteiger partial charge on any atom is -0.461 e. The molecule has 2 aromatic heterocycles. The van der Waals surface area contributed by atoms with Crippen LogP contribution in [-0.2, 0) is 20.7 Å². The number of anilines is 1. The van der Waals surface area contributed by atoms with E-state index < -0.39 is 30.2 Å². The number of hydrogen-bond donors (Lipinski definition) is 2. The van der Waals surface area contributed by atoms with Gasteiger partial charge in [-0.05, 0) is 35.7 Å². The molecule has 0 saturated carbocycles. The van der Waals surface area contributed by atoms with E-state index in [2.05, 4.69) is 5.32 Å². The van der Waals surface area contributed by atoms with Crippen molar-refractivity contribution in [3.8, 4) is 11.3 Å². The summed E-state index contributed by atoms with van der Waals surface area (Å²) >= 11 is 1.14. The quantitative estimate of drug-likeness (QED) is 0.547. The summed E-state index contributed by atoms with van der Waals surface area (Å²) in [6.07, 6.45) is 0.231. The van der Waals surface area contributed by atoms with Crippen LogP contribution in [0.1, 0.15) is 22.5 Å². The fraction of sp³-hybridized carbons (Fsp3) is 0.150. The molecule has 0 aliphatic heterocycles. The van der Waals surface area contributed by atoms with Gasteiger partial charge in [-0.25, -0.2) is 4.39 Å². The van der Waals surface area contributed by atoms with Gasteiger partial charge in [0.2, 0.25) is 0 Å². The van der Waals surface area contributed by atoms with Crippen LogP contribution in [0, 0.1) is 5.82 Å². The maximum absolute atomic E-state index is 13.8. The van der Waals surface area contributed by atoms with Crippen LogP contribution in [0.3, 0.4) is 0 Å². The molecule has 0 aliphatic rings. The topological polar surface area (TPSA) is 112 Å². The highest BCUT2D eigenvalue weighted by atomic mass is 32.1. The maximum Gasteiger partial charge on any atom is 0.306 e. The summed E-state index contributed by atoms with van der Waals surface area (Å²) in [6, 6.07) is 11.0. The number of amides is 2. The molecule has 0 atom stereocenters. The van der Waals surface area contributed by atoms with Crippen LogP contribution < -0.4 is 11.1 Å². The van der Waals surface area contributed by atoms with Crippen LogP contribution >= 0.6 is 11.3 Å². The number of hydrogen-bond acceptors (Lipinski definition) is 6. The van der Waals surface area contributed by atoms with Gasteiger partial charge in [-0.2, -0.15) is 0 Å². The number of benzene rings is 1. The van der Waals surface area contributed by atoms with E-state index in [1.54, 1.807) is 35.7 Å². The van der Waals surface area contributed by atoms with Gasteiger partial charge < -0.3 is 20.2 Å². The number of nitrogens with one attached hydrogen (secondary N) is 1. The average Bonchev–Trinajstić information content (AvgIpc) is 3.34. The summed E-state index contributed by atoms with van der Waals surface area (Å²) in [7, 11) is 0. The van der Waals surface area contributed by atoms with E-state index in [0.717, 1.165) is 11.3 Å². The molecular weight excluding hydrogens is 399 g/mol. The number of primary amides is 1. The minimum atomic E-state index is -0.660. The zero-order valence-electron chi connectivity index (χ0n) is 15.1. The number of carbonyl (C=O) groups is 3. The van der Waals surface area contributed by atoms with Crippen LogP contribution in [0.2, 0.25) is 0 Å². The van der Waals surface area contributed by atoms with Gasteiger partial charge in [0.25, 0.3) is 11.8 Å². The lowest BCUT2D eigenvalue weighted by Gasteiger charge is -2.06. The van der Waals surface area contributed by atoms with Gasteiger partial charge in [0, 0.05) is 6.42 Å². The molecule has 0 spiro atoms. The molecule has 0 radical (unpaired) electrons. The van der Waals surface area contributed by atoms with Crippen LogP contribution in [0.25, 0.3) is 11.3 Å². The molecule has 0 saturated heterocycles. The number of aryl methyl sites for hydroxylation is 1. The molecule has 0 bridgehead atoms. The third-order valence-corrected chi connectivity index (χ3v) is 4.75. The summed E-state index contributed by atoms with van der Waals surface area (Å²) in [5, 5.41) is 4.39. The van der Waals surface area contributed by atoms with Gasteiger partial charge in [-0.3, -0.25) is 14.4 Å². The Kier molecular flexibility index (Phi) is 6.40. The lowest BCUT2D eigenvalue weighted by Crippen LogP contribution is -2.22. The molecule has 0 unspecified atom stereocenters. The number of thiophene rings is 1. The molecule has 0 aliphatic carbocycles. The summed E-state index contributed by atoms with van der Waals surface area (Å²) in [5.41, 5.74) is 5.73. The van der Waals surface area contributed by atoms with Crippen molar-refractivity contribution in [3.63, 3.8) is 0 Å². The van der Waals surface area contributed by atoms with E-state index in [9.17, 15) is 18.8 Å². The number of rotatable bonds is 8. The Balaban J connectivity index is 1.46. The molecule has 7 nitrogen and oxygen atoms in total. The summed E-state index contributed by atoms with van der Waals surface area (Å²) in [4.78, 5) is 34.9. The number of esters is 1. The van der Waals surface area contributed by atoms with E-state index in [1.165, 1.54) is 12.1 Å². The number of nitrogens with two attached hydrogens (primary N) is 1. The lowest BCUT2D eigenvalue weighted by molar-refractivity contribution is -0.147. The number of furan rings is 1. The Morgan fingerprint density at radius 3 is 2.69 bits per heavy atom. The van der Waals surface area contributed by atoms with Gasteiger partial charge in [0.05, 0.1) is 17.5 Å². The maximum atomic E-state index is 13.8. The van der Waals surface area contributed by atoms with E-state index in [4.69, 9.17) is 14.9 Å². The first-order chi connectivity index (χ1) is 13.9. The second-order valence-electron chi connectivity index (χ2n) is 5.98. The minimum absolute atomic E-state index is 0.0109. The second-order valence-corrected chi connectivity index (χ2v) is 6.90. The summed E-state index contributed by atoms with van der Waals surface area (Å²) in [5.74, 6) is -1.37. The summed E-state index contributed by atoms with van der Waals surface area (Å²) < 4.78 is 24.3. The number of carbonyl (C=O) groups excluding carboxylic acids is 3. The second kappa shape index (κ2) is 9.16. The Bertz CT molecular complexity index is 1040. The molecule has 2 heterocycles. The van der Waals surface area contributed by atoms with E-state index in [0.29, 0.717) is 22.1 Å². The molecule has 1 aromatic carbocycles. The Labute approximate surface area is 169 Å². The number of ether oxygens (including phenoxy) is 1. The first kappa shape index (κ1) is 20.3. The highest BCUT2D eigenvalue weighted by Crippen LogP contribution is 2.25. The van der Waals surface area contributed by atoms with Gasteiger partial charge in [0.1, 0.15) is 22.3 Å². The van der Waals surface area contributed by atoms with Crippen molar-refractivity contribution < 1.29 is 27.9 Å². The van der Waals surface area contributed by atoms with Crippen molar-refractivity contribution in [1.82, 2.24) is 0 Å². The third kappa shape index (κ3) is 5.29. The van der Waals surface area contributed by atoms with Crippen molar-refractivity contribution >= 4 is 34.1 Å². The Morgan fingerprint density at radius 1 is 1.14 bits per heavy atom. The number of halogens is 1. The van der Waals surface area contributed by atoms with Gasteiger partial charge in [0.15, 0.2) is 6.61 Å². The molecule has 150 valence electrons. The zero-order chi connectivity index (χ0) is 20.8. The van der Waals surface area contributed by atoms with Crippen LogP contribution in [0.5, 0.6) is 0 Å². The third-order valence-electron chi connectivity index (χ3n) is 3.92. The Morgan fingerprint density at radius 2 is 1.93 bits per heavy atom. The highest BCUT2D eigenvalue weighted by molar-refractivity contribution is 7.14. The van der Waals surface area contributed by atoms with Gasteiger partial charge in [-0.1, -0.05) is 12.1 Å². The monoisotopic (exact) mass is 416 g/mol. The fourth-order valence-corrected chi connectivity index (χ4v) is 3.33. The van der Waals surface area contributed by atoms with E-state index in [-0.39, 0.29) is 18.4 Å². The molecule has 3 aromatic rings. The molecule has 0 fully saturated rings. The zero-order valence-corrected chi connectivity index (χ0v) is 16.0. The van der Waals surface area contributed by atoms with Gasteiger partial charge in [-0.15, -0.1) is 11.3 Å². The predicted molar refractivity (Wildman–Crippen MR) is 105 cm³/mol. The molecule has 9 heteroatoms. The first-order valence-corrected chi connectivity index (χ1v) is 9.48. The Hall–Kier alpha value is -3.46. The predicted octanol–water partition coefficient (Wildman–Crippen LogP) is 3.36. The van der Waals surface area contributed by atoms with E-state index in [1.807, 2.05) is 0 Å². The van der Waals surface area contributed by atoms with Crippen molar-refractivity contribution in [2.45, 2.75) is 12.8 Å². The molecular formula is C20H17FN2O5S. The summed E-state index contributed by atoms with van der Waals surface area (Å²) in [6.45, 7) is -0.492. The lowest BCUT2D eigenvalue weighted by atomic mass is 10.1. The molecule has 2 amide bonds. The van der Waals surface area contributed by atoms with Crippen LogP contribution in [0.4, 0.5) is 9.39 Å². The first-order valence-electron chi connectivity index (χ1n) is 8.60. The highest BCUT2D eigenvalue weighted by Gasteiger charge is 2.15. The van der Waals surface area contributed by atoms with E-state index >= 15 is 0 Å². The smallest absolute Gasteiger partial charge is 0.306 e. The van der Waals surface area contributed by atoms with Crippen LogP contribution in [0.15, 0.2) is 52.3 Å². The van der Waals surface area contributed by atoms with Crippen molar-refractivity contribution in [2.75, 3.05) is 11.9 Å². The van der Waals surface area contributed by atoms with Crippen LogP contribution in [-0.4, -0.2) is 24.4 Å². The standard InChI is InChI=1S/C20H17FN2O5S/c21-15-4-2-1-3-13(15)16-7-5-12(28-16)6-8-18(25)27-11-17(24)23-20-14(19(22)26)9-10-29-20/h1-5,7,9-10H,6,8,11H2,(H2,22,26)(H,23,24). The molecule has 3 N–H and O–H groups in total. The SMILES string of the molecule is NC(=O)c1ccsc1NC(=O)COC(=O)CCc1ccc(-c2ccccc2F)o1. The van der Waals surface area contributed by atoms with Crippen molar-refractivity contribution in [3.05, 3.63) is 65.0 Å². The van der Waals surface area contributed by atoms with Crippen molar-refractivity contribution in [1.29, 1.82) is 0 Å². The molecule has 3 rings (SSSR count). The fourth-order valence-electron chi connectivity index (χ4n) is 2.52. The molecule has 29 heavy (non-hydrogen) atoms. The normalized spacial score (nSPS) is 10.5.